The second-order valence-corrected chi connectivity index (χ2v) is 6.05. The van der Waals surface area contributed by atoms with E-state index in [9.17, 15) is 18.0 Å². The van der Waals surface area contributed by atoms with Gasteiger partial charge in [0.1, 0.15) is 18.5 Å². The molecule has 10 heteroatoms. The molecule has 136 valence electrons. The van der Waals surface area contributed by atoms with E-state index in [1.54, 1.807) is 6.20 Å². The lowest BCUT2D eigenvalue weighted by Gasteiger charge is -2.38. The van der Waals surface area contributed by atoms with Crippen molar-refractivity contribution in [1.82, 2.24) is 25.3 Å². The van der Waals surface area contributed by atoms with Crippen molar-refractivity contribution in [3.8, 4) is 0 Å². The van der Waals surface area contributed by atoms with E-state index in [0.717, 1.165) is 11.8 Å². The van der Waals surface area contributed by atoms with Gasteiger partial charge in [0.25, 0.3) is 0 Å². The number of fused-ring (bicyclic) bond motifs is 1. The van der Waals surface area contributed by atoms with E-state index in [-0.39, 0.29) is 0 Å². The summed E-state index contributed by atoms with van der Waals surface area (Å²) in [4.78, 5) is 23.5. The fourth-order valence-electron chi connectivity index (χ4n) is 3.03. The summed E-state index contributed by atoms with van der Waals surface area (Å²) in [6.07, 6.45) is 0.0945. The first-order chi connectivity index (χ1) is 11.8. The van der Waals surface area contributed by atoms with E-state index in [1.807, 2.05) is 28.4 Å². The third-order valence-electron chi connectivity index (χ3n) is 4.30. The van der Waals surface area contributed by atoms with Crippen LogP contribution in [0.2, 0.25) is 0 Å². The van der Waals surface area contributed by atoms with Gasteiger partial charge in [-0.1, -0.05) is 0 Å². The third kappa shape index (κ3) is 4.01. The molecule has 1 fully saturated rings. The van der Waals surface area contributed by atoms with Crippen LogP contribution >= 0.6 is 0 Å². The number of alkyl halides is 3. The van der Waals surface area contributed by atoms with Crippen molar-refractivity contribution < 1.29 is 18.0 Å². The molecule has 1 amide bonds. The van der Waals surface area contributed by atoms with Crippen LogP contribution in [0, 0.1) is 5.92 Å². The van der Waals surface area contributed by atoms with Gasteiger partial charge >= 0.3 is 6.18 Å². The zero-order valence-corrected chi connectivity index (χ0v) is 13.7. The second-order valence-electron chi connectivity index (χ2n) is 6.05. The molecular formula is C15H19F3N6O. The Morgan fingerprint density at radius 2 is 2.28 bits per heavy atom. The van der Waals surface area contributed by atoms with Gasteiger partial charge in [0.05, 0.1) is 11.3 Å². The number of rotatable bonds is 4. The van der Waals surface area contributed by atoms with Crippen LogP contribution in [-0.2, 0) is 4.79 Å². The largest absolute Gasteiger partial charge is 0.405 e. The molecule has 25 heavy (non-hydrogen) atoms. The lowest BCUT2D eigenvalue weighted by Crippen LogP contribution is -2.50. The Labute approximate surface area is 142 Å². The molecular weight excluding hydrogens is 337 g/mol. The van der Waals surface area contributed by atoms with Crippen LogP contribution in [0.15, 0.2) is 18.6 Å². The predicted octanol–water partition coefficient (Wildman–Crippen LogP) is 1.70. The summed E-state index contributed by atoms with van der Waals surface area (Å²) < 4.78 is 36.8. The van der Waals surface area contributed by atoms with Crippen molar-refractivity contribution in [2.75, 3.05) is 31.7 Å². The standard InChI is InChI=1S/C15H19F3N6O/c1-23(13-11-4-5-19-12(11)21-9-22-13)24-6-2-3-10(7-24)14(25)20-8-15(16,17)18/h4-5,9-10H,2-3,6-8H2,1H3,(H,20,25)(H,19,21,22). The molecule has 1 atom stereocenters. The number of hydrogen-bond donors (Lipinski definition) is 2. The van der Waals surface area contributed by atoms with Gasteiger partial charge in [-0.25, -0.2) is 15.0 Å². The molecule has 0 spiro atoms. The number of carbonyl (C=O) groups is 1. The average molecular weight is 356 g/mol. The number of hydrogen-bond acceptors (Lipinski definition) is 5. The summed E-state index contributed by atoms with van der Waals surface area (Å²) in [7, 11) is 1.82. The van der Waals surface area contributed by atoms with Crippen molar-refractivity contribution in [3.05, 3.63) is 18.6 Å². The summed E-state index contributed by atoms with van der Waals surface area (Å²) in [5.74, 6) is -0.366. The van der Waals surface area contributed by atoms with Crippen LogP contribution in [0.5, 0.6) is 0 Å². The Kier molecular flexibility index (Phi) is 4.80. The first-order valence-corrected chi connectivity index (χ1v) is 7.96. The molecule has 2 aromatic rings. The monoisotopic (exact) mass is 356 g/mol. The van der Waals surface area contributed by atoms with Gasteiger partial charge in [-0.15, -0.1) is 0 Å². The number of carbonyl (C=O) groups excluding carboxylic acids is 1. The lowest BCUT2D eigenvalue weighted by molar-refractivity contribution is -0.141. The zero-order chi connectivity index (χ0) is 18.0. The molecule has 0 bridgehead atoms. The van der Waals surface area contributed by atoms with E-state index in [4.69, 9.17) is 0 Å². The summed E-state index contributed by atoms with van der Waals surface area (Å²) in [5, 5.41) is 6.58. The highest BCUT2D eigenvalue weighted by molar-refractivity contribution is 5.87. The van der Waals surface area contributed by atoms with Gasteiger partial charge in [0.2, 0.25) is 5.91 Å². The molecule has 1 aliphatic rings. The van der Waals surface area contributed by atoms with Crippen LogP contribution in [-0.4, -0.2) is 58.7 Å². The molecule has 1 unspecified atom stereocenters. The van der Waals surface area contributed by atoms with Crippen LogP contribution in [0.4, 0.5) is 19.0 Å². The lowest BCUT2D eigenvalue weighted by atomic mass is 9.98. The van der Waals surface area contributed by atoms with Gasteiger partial charge < -0.3 is 10.3 Å². The highest BCUT2D eigenvalue weighted by atomic mass is 19.4. The fraction of sp³-hybridized carbons (Fsp3) is 0.533. The molecule has 7 nitrogen and oxygen atoms in total. The minimum Gasteiger partial charge on any atom is -0.347 e. The molecule has 0 saturated carbocycles. The van der Waals surface area contributed by atoms with Crippen molar-refractivity contribution in [3.63, 3.8) is 0 Å². The van der Waals surface area contributed by atoms with E-state index < -0.39 is 24.5 Å². The van der Waals surface area contributed by atoms with E-state index in [1.165, 1.54) is 6.33 Å². The van der Waals surface area contributed by atoms with Gasteiger partial charge in [-0.3, -0.25) is 9.80 Å². The molecule has 2 N–H and O–H groups in total. The predicted molar refractivity (Wildman–Crippen MR) is 85.7 cm³/mol. The van der Waals surface area contributed by atoms with Crippen LogP contribution < -0.4 is 10.3 Å². The first kappa shape index (κ1) is 17.5. The second kappa shape index (κ2) is 6.87. The number of nitrogens with one attached hydrogen (secondary N) is 2. The number of aromatic nitrogens is 3. The van der Waals surface area contributed by atoms with Crippen LogP contribution in [0.1, 0.15) is 12.8 Å². The minimum atomic E-state index is -4.40. The molecule has 0 aromatic carbocycles. The topological polar surface area (TPSA) is 77.2 Å². The van der Waals surface area contributed by atoms with Crippen molar-refractivity contribution in [1.29, 1.82) is 0 Å². The number of halogens is 3. The van der Waals surface area contributed by atoms with Crippen LogP contribution in [0.25, 0.3) is 11.0 Å². The molecule has 0 radical (unpaired) electrons. The van der Waals surface area contributed by atoms with Gasteiger partial charge in [-0.05, 0) is 18.9 Å². The number of hydrazine groups is 1. The van der Waals surface area contributed by atoms with Gasteiger partial charge in [0, 0.05) is 26.3 Å². The Morgan fingerprint density at radius 1 is 1.48 bits per heavy atom. The smallest absolute Gasteiger partial charge is 0.347 e. The Hall–Kier alpha value is -2.36. The minimum absolute atomic E-state index is 0.343. The number of anilines is 1. The molecule has 3 rings (SSSR count). The number of aromatic amines is 1. The molecule has 3 heterocycles. The highest BCUT2D eigenvalue weighted by Gasteiger charge is 2.32. The average Bonchev–Trinajstić information content (AvgIpc) is 3.07. The van der Waals surface area contributed by atoms with E-state index in [2.05, 4.69) is 15.0 Å². The maximum Gasteiger partial charge on any atom is 0.405 e. The fourth-order valence-corrected chi connectivity index (χ4v) is 3.03. The Balaban J connectivity index is 1.68. The van der Waals surface area contributed by atoms with E-state index >= 15 is 0 Å². The summed E-state index contributed by atoms with van der Waals surface area (Å²) in [6, 6.07) is 1.86. The van der Waals surface area contributed by atoms with Crippen molar-refractivity contribution in [2.45, 2.75) is 19.0 Å². The maximum absolute atomic E-state index is 12.3. The third-order valence-corrected chi connectivity index (χ3v) is 4.30. The SMILES string of the molecule is CN(c1ncnc2[nH]ccc12)N1CCCC(C(=O)NCC(F)(F)F)C1. The normalized spacial score (nSPS) is 19.1. The van der Waals surface area contributed by atoms with Gasteiger partial charge in [0.15, 0.2) is 5.82 Å². The number of H-pyrrole nitrogens is 1. The first-order valence-electron chi connectivity index (χ1n) is 7.96. The number of piperidine rings is 1. The molecule has 0 aliphatic carbocycles. The summed E-state index contributed by atoms with van der Waals surface area (Å²) >= 11 is 0. The van der Waals surface area contributed by atoms with Crippen molar-refractivity contribution in [2.24, 2.45) is 5.92 Å². The number of nitrogens with zero attached hydrogens (tertiary/aromatic N) is 4. The van der Waals surface area contributed by atoms with E-state index in [0.29, 0.717) is 31.0 Å². The van der Waals surface area contributed by atoms with Crippen molar-refractivity contribution >= 4 is 22.8 Å². The Morgan fingerprint density at radius 3 is 3.04 bits per heavy atom. The van der Waals surface area contributed by atoms with Gasteiger partial charge in [-0.2, -0.15) is 13.2 Å². The summed E-state index contributed by atoms with van der Waals surface area (Å²) in [5.41, 5.74) is 0.702. The summed E-state index contributed by atoms with van der Waals surface area (Å²) in [6.45, 7) is -0.250. The quantitative estimate of drug-likeness (QED) is 0.872. The molecule has 1 aliphatic heterocycles. The maximum atomic E-state index is 12.3. The molecule has 1 saturated heterocycles. The molecule has 2 aromatic heterocycles. The zero-order valence-electron chi connectivity index (χ0n) is 13.7. The van der Waals surface area contributed by atoms with Crippen LogP contribution in [0.3, 0.4) is 0 Å². The highest BCUT2D eigenvalue weighted by Crippen LogP contribution is 2.25. The number of amides is 1. The Bertz CT molecular complexity index is 746.